The van der Waals surface area contributed by atoms with Crippen LogP contribution in [0, 0.1) is 0 Å². The van der Waals surface area contributed by atoms with Crippen molar-refractivity contribution in [3.8, 4) is 0 Å². The van der Waals surface area contributed by atoms with Crippen molar-refractivity contribution in [1.29, 1.82) is 0 Å². The summed E-state index contributed by atoms with van der Waals surface area (Å²) >= 11 is 0. The van der Waals surface area contributed by atoms with Gasteiger partial charge in [0, 0.05) is 24.7 Å². The van der Waals surface area contributed by atoms with Gasteiger partial charge >= 0.3 is 0 Å². The molecule has 0 fully saturated rings. The molecule has 1 rings (SSSR count). The van der Waals surface area contributed by atoms with Crippen LogP contribution in [0.4, 0.5) is 4.39 Å². The minimum Gasteiger partial charge on any atom is -0.501 e. The minimum absolute atomic E-state index is 0.194. The number of ether oxygens (including phenoxy) is 1. The maximum atomic E-state index is 13.1. The van der Waals surface area contributed by atoms with Gasteiger partial charge in [-0.2, -0.15) is 0 Å². The lowest BCUT2D eigenvalue weighted by Crippen LogP contribution is -2.15. The molecule has 0 aliphatic heterocycles. The molecule has 0 spiro atoms. The van der Waals surface area contributed by atoms with Crippen LogP contribution in [-0.4, -0.2) is 13.7 Å². The summed E-state index contributed by atoms with van der Waals surface area (Å²) in [6, 6.07) is 0. The van der Waals surface area contributed by atoms with Crippen LogP contribution in [0.5, 0.6) is 0 Å². The van der Waals surface area contributed by atoms with Gasteiger partial charge in [-0.15, -0.1) is 0 Å². The van der Waals surface area contributed by atoms with Crippen molar-refractivity contribution in [3.63, 3.8) is 0 Å². The van der Waals surface area contributed by atoms with Crippen molar-refractivity contribution < 1.29 is 9.13 Å². The van der Waals surface area contributed by atoms with Gasteiger partial charge < -0.3 is 10.1 Å². The molecule has 0 bridgehead atoms. The highest BCUT2D eigenvalue weighted by Crippen LogP contribution is 2.23. The first kappa shape index (κ1) is 9.10. The first-order chi connectivity index (χ1) is 5.77. The molecular weight excluding hydrogens is 157 g/mol. The van der Waals surface area contributed by atoms with Gasteiger partial charge in [-0.1, -0.05) is 0 Å². The molecule has 3 heteroatoms. The summed E-state index contributed by atoms with van der Waals surface area (Å²) in [4.78, 5) is 0. The molecule has 0 aromatic rings. The van der Waals surface area contributed by atoms with E-state index in [-0.39, 0.29) is 5.83 Å². The number of hydrogen-bond acceptors (Lipinski definition) is 2. The largest absolute Gasteiger partial charge is 0.501 e. The quantitative estimate of drug-likeness (QED) is 0.702. The third kappa shape index (κ3) is 2.00. The zero-order valence-corrected chi connectivity index (χ0v) is 7.48. The number of hydrogen-bond donors (Lipinski definition) is 1. The van der Waals surface area contributed by atoms with E-state index in [1.165, 1.54) is 6.08 Å². The predicted molar refractivity (Wildman–Crippen MR) is 46.1 cm³/mol. The smallest absolute Gasteiger partial charge is 0.145 e. The Morgan fingerprint density at radius 3 is 2.83 bits per heavy atom. The van der Waals surface area contributed by atoms with Gasteiger partial charge in [-0.3, -0.25) is 0 Å². The lowest BCUT2D eigenvalue weighted by molar-refractivity contribution is 0.271. The highest BCUT2D eigenvalue weighted by molar-refractivity contribution is 5.25. The number of rotatable bonds is 3. The number of methoxy groups -OCH3 is 1. The van der Waals surface area contributed by atoms with Crippen molar-refractivity contribution >= 4 is 0 Å². The fourth-order valence-electron chi connectivity index (χ4n) is 1.22. The molecule has 0 saturated heterocycles. The van der Waals surface area contributed by atoms with Crippen molar-refractivity contribution in [1.82, 2.24) is 5.32 Å². The van der Waals surface area contributed by atoms with Crippen molar-refractivity contribution in [3.05, 3.63) is 23.4 Å². The summed E-state index contributed by atoms with van der Waals surface area (Å²) in [5, 5.41) is 2.98. The second-order valence-electron chi connectivity index (χ2n) is 2.67. The summed E-state index contributed by atoms with van der Waals surface area (Å²) in [6.45, 7) is 2.72. The van der Waals surface area contributed by atoms with Gasteiger partial charge in [-0.05, 0) is 13.3 Å². The van der Waals surface area contributed by atoms with Crippen LogP contribution in [0.25, 0.3) is 0 Å². The number of allylic oxidation sites excluding steroid dienone is 4. The van der Waals surface area contributed by atoms with Gasteiger partial charge in [-0.25, -0.2) is 4.39 Å². The van der Waals surface area contributed by atoms with Crippen LogP contribution >= 0.6 is 0 Å². The summed E-state index contributed by atoms with van der Waals surface area (Å²) in [7, 11) is 1.57. The van der Waals surface area contributed by atoms with Gasteiger partial charge in [0.1, 0.15) is 5.83 Å². The Balaban J connectivity index is 2.69. The molecule has 0 heterocycles. The number of nitrogens with one attached hydrogen (secondary N) is 1. The highest BCUT2D eigenvalue weighted by atomic mass is 19.1. The second-order valence-corrected chi connectivity index (χ2v) is 2.67. The lowest BCUT2D eigenvalue weighted by atomic mass is 10.1. The fraction of sp³-hybridized carbons (Fsp3) is 0.556. The van der Waals surface area contributed by atoms with Crippen LogP contribution in [0.3, 0.4) is 0 Å². The van der Waals surface area contributed by atoms with Gasteiger partial charge in [0.2, 0.25) is 0 Å². The Morgan fingerprint density at radius 2 is 2.33 bits per heavy atom. The average Bonchev–Trinajstić information content (AvgIpc) is 2.09. The van der Waals surface area contributed by atoms with E-state index in [0.29, 0.717) is 17.9 Å². The summed E-state index contributed by atoms with van der Waals surface area (Å²) in [5.41, 5.74) is 0.693. The van der Waals surface area contributed by atoms with E-state index in [2.05, 4.69) is 5.32 Å². The molecule has 12 heavy (non-hydrogen) atoms. The second kappa shape index (κ2) is 4.14. The Kier molecular flexibility index (Phi) is 3.14. The average molecular weight is 171 g/mol. The standard InChI is InChI=1S/C9H14FNO/c1-3-11-9-5-4-7(12-2)6-8(9)10/h6,11H,3-5H2,1-2H3. The normalized spacial score (nSPS) is 17.4. The molecule has 1 N–H and O–H groups in total. The van der Waals surface area contributed by atoms with Gasteiger partial charge in [0.25, 0.3) is 0 Å². The van der Waals surface area contributed by atoms with Gasteiger partial charge in [0.05, 0.1) is 12.9 Å². The Hall–Kier alpha value is -0.990. The lowest BCUT2D eigenvalue weighted by Gasteiger charge is -2.15. The van der Waals surface area contributed by atoms with E-state index in [0.717, 1.165) is 13.0 Å². The maximum Gasteiger partial charge on any atom is 0.145 e. The molecule has 1 aliphatic carbocycles. The first-order valence-electron chi connectivity index (χ1n) is 4.15. The third-order valence-corrected chi connectivity index (χ3v) is 1.85. The van der Waals surface area contributed by atoms with E-state index in [9.17, 15) is 4.39 Å². The SMILES string of the molecule is CCNC1=C(F)C=C(OC)CC1. The van der Waals surface area contributed by atoms with E-state index >= 15 is 0 Å². The fourth-order valence-corrected chi connectivity index (χ4v) is 1.22. The van der Waals surface area contributed by atoms with E-state index in [1.807, 2.05) is 6.92 Å². The monoisotopic (exact) mass is 171 g/mol. The molecule has 0 amide bonds. The van der Waals surface area contributed by atoms with Crippen LogP contribution in [-0.2, 0) is 4.74 Å². The van der Waals surface area contributed by atoms with Crippen LogP contribution in [0.15, 0.2) is 23.4 Å². The summed E-state index contributed by atoms with van der Waals surface area (Å²) in [6.07, 6.45) is 2.94. The maximum absolute atomic E-state index is 13.1. The zero-order chi connectivity index (χ0) is 8.97. The van der Waals surface area contributed by atoms with E-state index < -0.39 is 0 Å². The van der Waals surface area contributed by atoms with E-state index in [4.69, 9.17) is 4.74 Å². The molecule has 2 nitrogen and oxygen atoms in total. The number of halogens is 1. The highest BCUT2D eigenvalue weighted by Gasteiger charge is 2.12. The van der Waals surface area contributed by atoms with Crippen LogP contribution in [0.1, 0.15) is 19.8 Å². The third-order valence-electron chi connectivity index (χ3n) is 1.85. The molecule has 1 aliphatic rings. The van der Waals surface area contributed by atoms with Crippen LogP contribution in [0.2, 0.25) is 0 Å². The molecule has 0 radical (unpaired) electrons. The molecule has 0 atom stereocenters. The van der Waals surface area contributed by atoms with Crippen molar-refractivity contribution in [2.24, 2.45) is 0 Å². The van der Waals surface area contributed by atoms with Crippen molar-refractivity contribution in [2.45, 2.75) is 19.8 Å². The Morgan fingerprint density at radius 1 is 1.58 bits per heavy atom. The van der Waals surface area contributed by atoms with Gasteiger partial charge in [0.15, 0.2) is 0 Å². The summed E-state index contributed by atoms with van der Waals surface area (Å²) in [5.74, 6) is 0.522. The summed E-state index contributed by atoms with van der Waals surface area (Å²) < 4.78 is 18.1. The Labute approximate surface area is 72.1 Å². The molecular formula is C9H14FNO. The molecule has 0 unspecified atom stereocenters. The molecule has 0 aromatic carbocycles. The molecule has 68 valence electrons. The Bertz CT molecular complexity index is 221. The van der Waals surface area contributed by atoms with Crippen LogP contribution < -0.4 is 5.32 Å². The van der Waals surface area contributed by atoms with Crippen molar-refractivity contribution in [2.75, 3.05) is 13.7 Å². The zero-order valence-electron chi connectivity index (χ0n) is 7.48. The predicted octanol–water partition coefficient (Wildman–Crippen LogP) is 2.10. The molecule has 0 saturated carbocycles. The first-order valence-corrected chi connectivity index (χ1v) is 4.15. The molecule has 0 aromatic heterocycles. The minimum atomic E-state index is -0.194. The topological polar surface area (TPSA) is 21.3 Å². The van der Waals surface area contributed by atoms with E-state index in [1.54, 1.807) is 7.11 Å².